The van der Waals surface area contributed by atoms with Crippen LogP contribution >= 0.6 is 0 Å². The van der Waals surface area contributed by atoms with Gasteiger partial charge in [-0.1, -0.05) is 57.1 Å². The summed E-state index contributed by atoms with van der Waals surface area (Å²) < 4.78 is 1.79. The van der Waals surface area contributed by atoms with Gasteiger partial charge in [0.15, 0.2) is 5.69 Å². The number of nitrogens with zero attached hydrogens (tertiary/aromatic N) is 5. The van der Waals surface area contributed by atoms with E-state index < -0.39 is 0 Å². The van der Waals surface area contributed by atoms with Crippen molar-refractivity contribution in [1.82, 2.24) is 24.8 Å². The zero-order chi connectivity index (χ0) is 19.2. The molecule has 1 saturated heterocycles. The summed E-state index contributed by atoms with van der Waals surface area (Å²) in [5.74, 6) is 0.644. The molecule has 3 rings (SSSR count). The standard InChI is InChI=1S/C20H33N5O2/c1-3-4-10-18-20(27)23(2)13-14-25(18)19(26)17-15-24(22-21-17)12-11-16-8-6-5-7-9-16/h15-16,18H,3-14H2,1-2H3/t18-/m1/s1. The van der Waals surface area contributed by atoms with E-state index >= 15 is 0 Å². The van der Waals surface area contributed by atoms with Gasteiger partial charge in [-0.15, -0.1) is 5.10 Å². The third-order valence-electron chi connectivity index (χ3n) is 6.05. The molecule has 0 N–H and O–H groups in total. The van der Waals surface area contributed by atoms with Crippen LogP contribution in [0.15, 0.2) is 6.20 Å². The monoisotopic (exact) mass is 375 g/mol. The van der Waals surface area contributed by atoms with Gasteiger partial charge in [-0.25, -0.2) is 0 Å². The molecule has 1 atom stereocenters. The van der Waals surface area contributed by atoms with E-state index in [2.05, 4.69) is 17.2 Å². The molecule has 0 aromatic carbocycles. The van der Waals surface area contributed by atoms with Crippen molar-refractivity contribution in [2.45, 2.75) is 77.3 Å². The van der Waals surface area contributed by atoms with Gasteiger partial charge in [-0.2, -0.15) is 0 Å². The molecular weight excluding hydrogens is 342 g/mol. The minimum atomic E-state index is -0.372. The van der Waals surface area contributed by atoms with Gasteiger partial charge in [0.2, 0.25) is 5.91 Å². The molecule has 0 bridgehead atoms. The van der Waals surface area contributed by atoms with Crippen molar-refractivity contribution in [1.29, 1.82) is 0 Å². The number of piperazine rings is 1. The lowest BCUT2D eigenvalue weighted by Gasteiger charge is -2.38. The van der Waals surface area contributed by atoms with Crippen molar-refractivity contribution >= 4 is 11.8 Å². The van der Waals surface area contributed by atoms with Crippen LogP contribution in [0, 0.1) is 5.92 Å². The van der Waals surface area contributed by atoms with Crippen LogP contribution in [0.3, 0.4) is 0 Å². The van der Waals surface area contributed by atoms with Crippen LogP contribution in [-0.4, -0.2) is 62.8 Å². The quantitative estimate of drug-likeness (QED) is 0.735. The molecule has 7 nitrogen and oxygen atoms in total. The Balaban J connectivity index is 1.61. The van der Waals surface area contributed by atoms with Gasteiger partial charge >= 0.3 is 0 Å². The number of hydrogen-bond donors (Lipinski definition) is 0. The van der Waals surface area contributed by atoms with Gasteiger partial charge in [-0.3, -0.25) is 14.3 Å². The van der Waals surface area contributed by atoms with E-state index in [-0.39, 0.29) is 17.9 Å². The third-order valence-corrected chi connectivity index (χ3v) is 6.05. The van der Waals surface area contributed by atoms with E-state index in [1.807, 2.05) is 7.05 Å². The Morgan fingerprint density at radius 1 is 1.19 bits per heavy atom. The highest BCUT2D eigenvalue weighted by Crippen LogP contribution is 2.26. The summed E-state index contributed by atoms with van der Waals surface area (Å²) >= 11 is 0. The van der Waals surface area contributed by atoms with Crippen LogP contribution in [0.5, 0.6) is 0 Å². The smallest absolute Gasteiger partial charge is 0.276 e. The zero-order valence-electron chi connectivity index (χ0n) is 16.8. The van der Waals surface area contributed by atoms with Gasteiger partial charge in [0.05, 0.1) is 6.20 Å². The molecule has 1 aromatic rings. The number of aryl methyl sites for hydroxylation is 1. The Bertz CT molecular complexity index is 638. The average Bonchev–Trinajstić information content (AvgIpc) is 3.17. The summed E-state index contributed by atoms with van der Waals surface area (Å²) in [5, 5.41) is 8.27. The summed E-state index contributed by atoms with van der Waals surface area (Å²) in [6.45, 7) is 4.04. The van der Waals surface area contributed by atoms with Crippen molar-refractivity contribution in [3.8, 4) is 0 Å². The maximum absolute atomic E-state index is 13.0. The second-order valence-electron chi connectivity index (χ2n) is 8.08. The molecule has 2 aliphatic rings. The Morgan fingerprint density at radius 3 is 2.70 bits per heavy atom. The minimum absolute atomic E-state index is 0.0349. The van der Waals surface area contributed by atoms with Gasteiger partial charge in [0.1, 0.15) is 6.04 Å². The van der Waals surface area contributed by atoms with Crippen LogP contribution in [0.2, 0.25) is 0 Å². The molecule has 1 saturated carbocycles. The number of hydrogen-bond acceptors (Lipinski definition) is 4. The SMILES string of the molecule is CCCC[C@@H]1C(=O)N(C)CCN1C(=O)c1cn(CCC2CCCCC2)nn1. The molecule has 2 heterocycles. The molecule has 0 unspecified atom stereocenters. The fourth-order valence-corrected chi connectivity index (χ4v) is 4.27. The number of carbonyl (C=O) groups is 2. The van der Waals surface area contributed by atoms with Crippen LogP contribution in [0.25, 0.3) is 0 Å². The van der Waals surface area contributed by atoms with E-state index in [1.54, 1.807) is 20.7 Å². The Hall–Kier alpha value is -1.92. The van der Waals surface area contributed by atoms with Crippen molar-refractivity contribution in [3.05, 3.63) is 11.9 Å². The van der Waals surface area contributed by atoms with Crippen molar-refractivity contribution in [3.63, 3.8) is 0 Å². The molecule has 0 radical (unpaired) electrons. The summed E-state index contributed by atoms with van der Waals surface area (Å²) in [6.07, 6.45) is 12.2. The summed E-state index contributed by atoms with van der Waals surface area (Å²) in [4.78, 5) is 29.0. The highest BCUT2D eigenvalue weighted by atomic mass is 16.2. The Morgan fingerprint density at radius 2 is 1.96 bits per heavy atom. The number of carbonyl (C=O) groups excluding carboxylic acids is 2. The summed E-state index contributed by atoms with van der Waals surface area (Å²) in [7, 11) is 1.81. The lowest BCUT2D eigenvalue weighted by atomic mass is 9.87. The maximum Gasteiger partial charge on any atom is 0.276 e. The molecule has 1 aromatic heterocycles. The molecule has 2 fully saturated rings. The summed E-state index contributed by atoms with van der Waals surface area (Å²) in [5.41, 5.74) is 0.359. The lowest BCUT2D eigenvalue weighted by molar-refractivity contribution is -0.138. The van der Waals surface area contributed by atoms with Crippen LogP contribution < -0.4 is 0 Å². The number of amides is 2. The van der Waals surface area contributed by atoms with E-state index in [4.69, 9.17) is 0 Å². The zero-order valence-corrected chi connectivity index (χ0v) is 16.8. The van der Waals surface area contributed by atoms with Crippen LogP contribution in [0.1, 0.15) is 75.2 Å². The average molecular weight is 376 g/mol. The highest BCUT2D eigenvalue weighted by molar-refractivity contribution is 5.96. The van der Waals surface area contributed by atoms with Crippen molar-refractivity contribution in [2.24, 2.45) is 5.92 Å². The highest BCUT2D eigenvalue weighted by Gasteiger charge is 2.36. The first-order valence-electron chi connectivity index (χ1n) is 10.6. The molecule has 7 heteroatoms. The second-order valence-corrected chi connectivity index (χ2v) is 8.08. The fraction of sp³-hybridized carbons (Fsp3) is 0.800. The largest absolute Gasteiger partial charge is 0.342 e. The van der Waals surface area contributed by atoms with E-state index in [0.29, 0.717) is 25.2 Å². The fourth-order valence-electron chi connectivity index (χ4n) is 4.27. The first-order chi connectivity index (χ1) is 13.1. The second kappa shape index (κ2) is 9.33. The molecule has 1 aliphatic carbocycles. The first-order valence-corrected chi connectivity index (χ1v) is 10.6. The number of likely N-dealkylation sites (N-methyl/N-ethyl adjacent to an activating group) is 1. The maximum atomic E-state index is 13.0. The third kappa shape index (κ3) is 4.87. The predicted molar refractivity (Wildman–Crippen MR) is 103 cm³/mol. The van der Waals surface area contributed by atoms with Crippen molar-refractivity contribution < 1.29 is 9.59 Å². The number of unbranched alkanes of at least 4 members (excludes halogenated alkanes) is 1. The summed E-state index contributed by atoms with van der Waals surface area (Å²) in [6, 6.07) is -0.372. The van der Waals surface area contributed by atoms with Gasteiger partial charge in [0.25, 0.3) is 5.91 Å². The van der Waals surface area contributed by atoms with Crippen LogP contribution in [0.4, 0.5) is 0 Å². The van der Waals surface area contributed by atoms with E-state index in [1.165, 1.54) is 32.1 Å². The van der Waals surface area contributed by atoms with Crippen molar-refractivity contribution in [2.75, 3.05) is 20.1 Å². The van der Waals surface area contributed by atoms with E-state index in [0.717, 1.165) is 31.7 Å². The Labute approximate surface area is 162 Å². The first kappa shape index (κ1) is 19.8. The van der Waals surface area contributed by atoms with Gasteiger partial charge in [0, 0.05) is 26.7 Å². The Kier molecular flexibility index (Phi) is 6.85. The number of aromatic nitrogens is 3. The van der Waals surface area contributed by atoms with Gasteiger partial charge in [-0.05, 0) is 18.8 Å². The topological polar surface area (TPSA) is 71.3 Å². The lowest BCUT2D eigenvalue weighted by Crippen LogP contribution is -2.57. The number of rotatable bonds is 7. The van der Waals surface area contributed by atoms with Crippen LogP contribution in [-0.2, 0) is 11.3 Å². The molecule has 1 aliphatic heterocycles. The predicted octanol–water partition coefficient (Wildman–Crippen LogP) is 2.72. The normalized spacial score (nSPS) is 21.7. The minimum Gasteiger partial charge on any atom is -0.342 e. The van der Waals surface area contributed by atoms with Gasteiger partial charge < -0.3 is 9.80 Å². The molecule has 0 spiro atoms. The molecular formula is C20H33N5O2. The molecule has 150 valence electrons. The van der Waals surface area contributed by atoms with E-state index in [9.17, 15) is 9.59 Å². The molecule has 27 heavy (non-hydrogen) atoms. The molecule has 2 amide bonds.